The lowest BCUT2D eigenvalue weighted by molar-refractivity contribution is 2.07. The maximum atomic E-state index is 4.89. The summed E-state index contributed by atoms with van der Waals surface area (Å²) in [5, 5.41) is 2.00. The molecule has 1 aromatic rings. The third-order valence-corrected chi connectivity index (χ3v) is 4.60. The number of hydrogen-bond acceptors (Lipinski definition) is 3. The van der Waals surface area contributed by atoms with E-state index in [1.165, 1.54) is 4.62 Å². The Morgan fingerprint density at radius 3 is 2.75 bits per heavy atom. The van der Waals surface area contributed by atoms with E-state index in [0.717, 1.165) is 0 Å². The first-order valence-electron chi connectivity index (χ1n) is 1.98. The van der Waals surface area contributed by atoms with Gasteiger partial charge >= 0.3 is 0 Å². The second kappa shape index (κ2) is 2.92. The van der Waals surface area contributed by atoms with Crippen molar-refractivity contribution >= 4 is 45.9 Å². The van der Waals surface area contributed by atoms with Crippen LogP contribution in [-0.4, -0.2) is 0 Å². The van der Waals surface area contributed by atoms with Gasteiger partial charge in [0.1, 0.15) is 11.8 Å². The molecule has 0 N–H and O–H groups in total. The highest BCUT2D eigenvalue weighted by Crippen LogP contribution is 2.18. The average molecular weight is 178 g/mol. The molecule has 1 atom stereocenters. The first-order valence-corrected chi connectivity index (χ1v) is 6.23. The molecule has 0 fully saturated rings. The fraction of sp³-hybridized carbons (Fsp3) is 0. The van der Waals surface area contributed by atoms with Crippen LogP contribution in [0.25, 0.3) is 0 Å². The molecule has 0 radical (unpaired) electrons. The van der Waals surface area contributed by atoms with Gasteiger partial charge in [0.15, 0.2) is 4.62 Å². The van der Waals surface area contributed by atoms with Gasteiger partial charge in [0, 0.05) is 0 Å². The quantitative estimate of drug-likeness (QED) is 0.475. The van der Waals surface area contributed by atoms with Gasteiger partial charge in [-0.1, -0.05) is 0 Å². The van der Waals surface area contributed by atoms with Crippen molar-refractivity contribution in [1.29, 1.82) is 0 Å². The van der Waals surface area contributed by atoms with Crippen molar-refractivity contribution in [2.24, 2.45) is 0 Å². The molecule has 1 aromatic heterocycles. The van der Waals surface area contributed by atoms with Crippen LogP contribution in [-0.2, 0) is 24.1 Å². The van der Waals surface area contributed by atoms with Gasteiger partial charge in [-0.15, -0.1) is 11.3 Å². The normalized spacial score (nSPS) is 11.4. The molecule has 1 unspecified atom stereocenters. The number of hydrogen-bond donors (Lipinski definition) is 0. The lowest BCUT2D eigenvalue weighted by atomic mass is 10.7. The molecule has 0 aliphatic carbocycles. The molecule has 0 saturated heterocycles. The Morgan fingerprint density at radius 2 is 2.50 bits per heavy atom. The highest BCUT2D eigenvalue weighted by molar-refractivity contribution is 8.50. The minimum Gasteiger partial charge on any atom is -0.471 e. The molecular weight excluding hydrogens is 175 g/mol. The van der Waals surface area contributed by atoms with Gasteiger partial charge in [0.05, 0.1) is 5.90 Å². The molecule has 4 heteroatoms. The zero-order valence-electron chi connectivity index (χ0n) is 3.90. The molecule has 0 aromatic carbocycles. The van der Waals surface area contributed by atoms with E-state index in [4.69, 9.17) is 24.1 Å². The maximum absolute atomic E-state index is 4.89. The highest BCUT2D eigenvalue weighted by atomic mass is 32.9. The predicted molar refractivity (Wildman–Crippen MR) is 45.6 cm³/mol. The second-order valence-electron chi connectivity index (χ2n) is 1.21. The van der Waals surface area contributed by atoms with Crippen LogP contribution in [0.15, 0.2) is 17.5 Å². The van der Waals surface area contributed by atoms with Crippen LogP contribution >= 0.6 is 17.2 Å². The van der Waals surface area contributed by atoms with E-state index in [1.807, 2.05) is 17.5 Å². The van der Waals surface area contributed by atoms with Crippen molar-refractivity contribution in [3.05, 3.63) is 17.5 Å². The third kappa shape index (κ3) is 1.52. The minimum atomic E-state index is -0.673. The monoisotopic (exact) mass is 178 g/mol. The van der Waals surface area contributed by atoms with Crippen LogP contribution in [0.3, 0.4) is 0 Å². The molecule has 0 bridgehead atoms. The Bertz CT molecular complexity index is 179. The van der Waals surface area contributed by atoms with Crippen LogP contribution in [0, 0.1) is 0 Å². The fourth-order valence-corrected chi connectivity index (χ4v) is 2.70. The Hall–Kier alpha value is 0.570. The third-order valence-electron chi connectivity index (χ3n) is 0.686. The zero-order chi connectivity index (χ0) is 5.98. The van der Waals surface area contributed by atoms with E-state index in [1.54, 1.807) is 11.3 Å². The predicted octanol–water partition coefficient (Wildman–Crippen LogP) is 1.78. The summed E-state index contributed by atoms with van der Waals surface area (Å²) in [6.07, 6.45) is 0. The summed E-state index contributed by atoms with van der Waals surface area (Å²) in [7, 11) is 0. The number of thiophene rings is 1. The van der Waals surface area contributed by atoms with E-state index in [-0.39, 0.29) is 0 Å². The van der Waals surface area contributed by atoms with Gasteiger partial charge in [-0.25, -0.2) is 0 Å². The Labute approximate surface area is 63.5 Å². The topological polar surface area (TPSA) is 0 Å². The van der Waals surface area contributed by atoms with Gasteiger partial charge in [-0.2, -0.15) is 0 Å². The van der Waals surface area contributed by atoms with E-state index in [9.17, 15) is 0 Å². The molecule has 1 rings (SSSR count). The summed E-state index contributed by atoms with van der Waals surface area (Å²) < 4.78 is 1.17. The van der Waals surface area contributed by atoms with Crippen LogP contribution in [0.2, 0.25) is 0 Å². The van der Waals surface area contributed by atoms with Gasteiger partial charge in [0.2, 0.25) is 0 Å². The van der Waals surface area contributed by atoms with Crippen LogP contribution < -0.4 is 4.62 Å². The van der Waals surface area contributed by atoms with Crippen LogP contribution in [0.4, 0.5) is 0 Å². The first kappa shape index (κ1) is 6.69. The van der Waals surface area contributed by atoms with Gasteiger partial charge in [-0.05, 0) is 17.5 Å². The van der Waals surface area contributed by atoms with E-state index >= 15 is 0 Å². The average Bonchev–Trinajstić information content (AvgIpc) is 2.12. The van der Waals surface area contributed by atoms with Crippen molar-refractivity contribution in [1.82, 2.24) is 0 Å². The minimum absolute atomic E-state index is 0.673. The zero-order valence-corrected chi connectivity index (χ0v) is 7.25. The van der Waals surface area contributed by atoms with Crippen molar-refractivity contribution in [2.75, 3.05) is 0 Å². The Morgan fingerprint density at radius 1 is 1.75 bits per heavy atom. The maximum Gasteiger partial charge on any atom is 0.192 e. The molecule has 8 heavy (non-hydrogen) atoms. The van der Waals surface area contributed by atoms with E-state index in [0.29, 0.717) is 0 Å². The van der Waals surface area contributed by atoms with Crippen molar-refractivity contribution in [3.8, 4) is 0 Å². The smallest absolute Gasteiger partial charge is 0.192 e. The molecule has 0 amide bonds. The summed E-state index contributed by atoms with van der Waals surface area (Å²) in [5.41, 5.74) is 0. The van der Waals surface area contributed by atoms with Gasteiger partial charge in [0.25, 0.3) is 0 Å². The molecule has 1 heterocycles. The second-order valence-corrected chi connectivity index (χ2v) is 6.34. The van der Waals surface area contributed by atoms with E-state index < -0.39 is 5.90 Å². The molecule has 0 aliphatic rings. The summed E-state index contributed by atoms with van der Waals surface area (Å²) in [5.74, 6) is -0.673. The molecule has 0 aliphatic heterocycles. The summed E-state index contributed by atoms with van der Waals surface area (Å²) in [4.78, 5) is 0. The Balaban J connectivity index is 2.93. The molecular formula is C4H3PS3. The largest absolute Gasteiger partial charge is 0.471 e. The number of rotatable bonds is 1. The van der Waals surface area contributed by atoms with Crippen LogP contribution in [0.1, 0.15) is 0 Å². The molecule has 0 spiro atoms. The van der Waals surface area contributed by atoms with Crippen molar-refractivity contribution in [3.63, 3.8) is 0 Å². The molecule has 0 saturated carbocycles. The van der Waals surface area contributed by atoms with Gasteiger partial charge in [-0.3, -0.25) is 0 Å². The highest BCUT2D eigenvalue weighted by Gasteiger charge is 1.96. The fourth-order valence-electron chi connectivity index (χ4n) is 0.374. The Kier molecular flexibility index (Phi) is 2.44. The molecule has 0 nitrogen and oxygen atoms in total. The lowest BCUT2D eigenvalue weighted by Crippen LogP contribution is -1.79. The molecule has 42 valence electrons. The summed E-state index contributed by atoms with van der Waals surface area (Å²) >= 11 is 11.4. The summed E-state index contributed by atoms with van der Waals surface area (Å²) in [6.45, 7) is 0. The van der Waals surface area contributed by atoms with Crippen LogP contribution in [0.5, 0.6) is 0 Å². The van der Waals surface area contributed by atoms with Gasteiger partial charge < -0.3 is 12.2 Å². The lowest BCUT2D eigenvalue weighted by Gasteiger charge is -1.81. The summed E-state index contributed by atoms with van der Waals surface area (Å²) in [6, 6.07) is 3.98. The first-order chi connectivity index (χ1) is 3.80. The van der Waals surface area contributed by atoms with Crippen molar-refractivity contribution < 1.29 is 0 Å². The van der Waals surface area contributed by atoms with E-state index in [2.05, 4.69) is 0 Å². The SMILES string of the molecule is S=[P+]([S-])c1cccs1. The van der Waals surface area contributed by atoms with Crippen molar-refractivity contribution in [2.45, 2.75) is 0 Å². The standard InChI is InChI=1S/C4H3PS3/c6-5(7)4-2-1-3-8-4/h1-3H.